The van der Waals surface area contributed by atoms with Crippen LogP contribution in [0.25, 0.3) is 0 Å². The van der Waals surface area contributed by atoms with Gasteiger partial charge in [0.25, 0.3) is 0 Å². The summed E-state index contributed by atoms with van der Waals surface area (Å²) in [5, 5.41) is 0. The van der Waals surface area contributed by atoms with E-state index in [0.717, 1.165) is 12.8 Å². The van der Waals surface area contributed by atoms with Crippen LogP contribution in [0.1, 0.15) is 39.5 Å². The van der Waals surface area contributed by atoms with Gasteiger partial charge in [-0.15, -0.1) is 0 Å². The minimum Gasteiger partial charge on any atom is -0.449 e. The maximum atomic E-state index is 12.1. The van der Waals surface area contributed by atoms with E-state index >= 15 is 0 Å². The van der Waals surface area contributed by atoms with Gasteiger partial charge in [0.2, 0.25) is 0 Å². The van der Waals surface area contributed by atoms with E-state index in [1.165, 1.54) is 11.2 Å². The van der Waals surface area contributed by atoms with Crippen molar-refractivity contribution < 1.29 is 22.7 Å². The monoisotopic (exact) mass is 292 g/mol. The Morgan fingerprint density at radius 1 is 1.37 bits per heavy atom. The first-order valence-corrected chi connectivity index (χ1v) is 7.76. The minimum atomic E-state index is -3.94. The quantitative estimate of drug-likeness (QED) is 0.809. The first kappa shape index (κ1) is 15.9. The van der Waals surface area contributed by atoms with Gasteiger partial charge in [0.05, 0.1) is 6.61 Å². The van der Waals surface area contributed by atoms with Gasteiger partial charge in [-0.05, 0) is 26.7 Å². The van der Waals surface area contributed by atoms with Gasteiger partial charge in [-0.25, -0.2) is 9.52 Å². The molecular weight excluding hydrogens is 272 g/mol. The summed E-state index contributed by atoms with van der Waals surface area (Å²) in [6, 6.07) is -0.377. The van der Waals surface area contributed by atoms with Gasteiger partial charge in [-0.3, -0.25) is 4.79 Å². The highest BCUT2D eigenvalue weighted by Crippen LogP contribution is 2.22. The van der Waals surface area contributed by atoms with Crippen LogP contribution in [-0.2, 0) is 19.7 Å². The fourth-order valence-electron chi connectivity index (χ4n) is 2.15. The van der Waals surface area contributed by atoms with E-state index in [9.17, 15) is 18.0 Å². The van der Waals surface area contributed by atoms with E-state index in [4.69, 9.17) is 0 Å². The van der Waals surface area contributed by atoms with Crippen molar-refractivity contribution in [1.82, 2.24) is 9.03 Å². The Balaban J connectivity index is 2.77. The molecule has 1 unspecified atom stereocenters. The maximum absolute atomic E-state index is 12.1. The molecule has 7 nitrogen and oxygen atoms in total. The van der Waals surface area contributed by atoms with Gasteiger partial charge in [-0.2, -0.15) is 12.7 Å². The summed E-state index contributed by atoms with van der Waals surface area (Å²) in [5.74, 6) is -0.0664. The average Bonchev–Trinajstić information content (AvgIpc) is 2.28. The molecule has 1 saturated heterocycles. The zero-order chi connectivity index (χ0) is 14.5. The number of nitrogens with one attached hydrogen (secondary N) is 1. The maximum Gasteiger partial charge on any atom is 0.421 e. The predicted molar refractivity (Wildman–Crippen MR) is 68.7 cm³/mol. The normalized spacial score (nSPS) is 20.8. The molecular formula is C11H20N2O5S. The number of ether oxygens (including phenoxy) is 1. The van der Waals surface area contributed by atoms with Crippen LogP contribution < -0.4 is 4.72 Å². The van der Waals surface area contributed by atoms with Crippen molar-refractivity contribution in [1.29, 1.82) is 0 Å². The molecule has 1 aliphatic heterocycles. The highest BCUT2D eigenvalue weighted by molar-refractivity contribution is 7.87. The lowest BCUT2D eigenvalue weighted by Crippen LogP contribution is -2.51. The molecule has 0 spiro atoms. The summed E-state index contributed by atoms with van der Waals surface area (Å²) in [5.41, 5.74) is 0. The van der Waals surface area contributed by atoms with Gasteiger partial charge >= 0.3 is 16.3 Å². The van der Waals surface area contributed by atoms with Crippen LogP contribution in [0.4, 0.5) is 4.79 Å². The molecule has 1 amide bonds. The van der Waals surface area contributed by atoms with Crippen LogP contribution in [0.5, 0.6) is 0 Å². The van der Waals surface area contributed by atoms with Gasteiger partial charge < -0.3 is 4.74 Å². The number of carbonyl (C=O) groups excluding carboxylic acids is 2. The molecule has 110 valence electrons. The van der Waals surface area contributed by atoms with Gasteiger partial charge in [0.1, 0.15) is 5.78 Å². The lowest BCUT2D eigenvalue weighted by atomic mass is 10.0. The number of carbonyl (C=O) groups is 2. The number of piperidine rings is 1. The van der Waals surface area contributed by atoms with Crippen LogP contribution in [0, 0.1) is 0 Å². The second-order valence-electron chi connectivity index (χ2n) is 4.49. The molecule has 8 heteroatoms. The third-order valence-electron chi connectivity index (χ3n) is 2.89. The molecule has 0 aromatic rings. The lowest BCUT2D eigenvalue weighted by molar-refractivity contribution is -0.118. The Kier molecular flexibility index (Phi) is 5.74. The van der Waals surface area contributed by atoms with Crippen LogP contribution in [-0.4, -0.2) is 43.8 Å². The molecule has 1 N–H and O–H groups in total. The van der Waals surface area contributed by atoms with Crippen molar-refractivity contribution >= 4 is 22.1 Å². The van der Waals surface area contributed by atoms with Gasteiger partial charge in [-0.1, -0.05) is 6.42 Å². The summed E-state index contributed by atoms with van der Waals surface area (Å²) in [6.07, 6.45) is 1.41. The largest absolute Gasteiger partial charge is 0.449 e. The summed E-state index contributed by atoms with van der Waals surface area (Å²) in [6.45, 7) is 3.43. The fourth-order valence-corrected chi connectivity index (χ4v) is 3.48. The molecule has 19 heavy (non-hydrogen) atoms. The third-order valence-corrected chi connectivity index (χ3v) is 4.42. The second-order valence-corrected chi connectivity index (χ2v) is 6.12. The number of hydrogen-bond donors (Lipinski definition) is 1. The Morgan fingerprint density at radius 3 is 2.63 bits per heavy atom. The van der Waals surface area contributed by atoms with Crippen LogP contribution in [0.3, 0.4) is 0 Å². The standard InChI is InChI=1S/C11H20N2O5S/c1-3-18-11(15)12-19(16,17)13-7-5-4-6-10(13)8-9(2)14/h10H,3-8H2,1-2H3,(H,12,15). The number of rotatable bonds is 5. The van der Waals surface area contributed by atoms with Crippen LogP contribution >= 0.6 is 0 Å². The fraction of sp³-hybridized carbons (Fsp3) is 0.818. The van der Waals surface area contributed by atoms with Crippen LogP contribution in [0.2, 0.25) is 0 Å². The third kappa shape index (κ3) is 4.79. The van der Waals surface area contributed by atoms with Gasteiger partial charge in [0.15, 0.2) is 0 Å². The zero-order valence-electron chi connectivity index (χ0n) is 11.2. The van der Waals surface area contributed by atoms with Crippen molar-refractivity contribution in [3.63, 3.8) is 0 Å². The predicted octanol–water partition coefficient (Wildman–Crippen LogP) is 0.811. The summed E-state index contributed by atoms with van der Waals surface area (Å²) < 4.78 is 31.7. The molecule has 0 bridgehead atoms. The van der Waals surface area contributed by atoms with Crippen molar-refractivity contribution in [3.8, 4) is 0 Å². The topological polar surface area (TPSA) is 92.8 Å². The molecule has 0 radical (unpaired) electrons. The Hall–Kier alpha value is -1.15. The van der Waals surface area contributed by atoms with Crippen LogP contribution in [0.15, 0.2) is 0 Å². The van der Waals surface area contributed by atoms with Crippen molar-refractivity contribution in [2.45, 2.75) is 45.6 Å². The zero-order valence-corrected chi connectivity index (χ0v) is 12.0. The molecule has 1 rings (SSSR count). The van der Waals surface area contributed by atoms with E-state index in [1.807, 2.05) is 4.72 Å². The number of hydrogen-bond acceptors (Lipinski definition) is 5. The van der Waals surface area contributed by atoms with E-state index < -0.39 is 16.3 Å². The second kappa shape index (κ2) is 6.85. The van der Waals surface area contributed by atoms with Gasteiger partial charge in [0, 0.05) is 19.0 Å². The molecule has 1 atom stereocenters. The molecule has 0 aromatic heterocycles. The highest BCUT2D eigenvalue weighted by Gasteiger charge is 2.34. The number of ketones is 1. The Morgan fingerprint density at radius 2 is 2.05 bits per heavy atom. The summed E-state index contributed by atoms with van der Waals surface area (Å²) in [4.78, 5) is 22.4. The van der Waals surface area contributed by atoms with E-state index in [2.05, 4.69) is 4.74 Å². The summed E-state index contributed by atoms with van der Waals surface area (Å²) in [7, 11) is -3.94. The number of nitrogens with zero attached hydrogens (tertiary/aromatic N) is 1. The average molecular weight is 292 g/mol. The molecule has 0 aliphatic carbocycles. The minimum absolute atomic E-state index is 0.0664. The molecule has 0 aromatic carbocycles. The first-order valence-electron chi connectivity index (χ1n) is 6.32. The van der Waals surface area contributed by atoms with E-state index in [0.29, 0.717) is 13.0 Å². The Labute approximate surface area is 113 Å². The Bertz CT molecular complexity index is 434. The lowest BCUT2D eigenvalue weighted by Gasteiger charge is -2.33. The van der Waals surface area contributed by atoms with E-state index in [-0.39, 0.29) is 24.9 Å². The molecule has 1 heterocycles. The highest BCUT2D eigenvalue weighted by atomic mass is 32.2. The van der Waals surface area contributed by atoms with E-state index in [1.54, 1.807) is 6.92 Å². The molecule has 1 fully saturated rings. The smallest absolute Gasteiger partial charge is 0.421 e. The summed E-state index contributed by atoms with van der Waals surface area (Å²) >= 11 is 0. The van der Waals surface area contributed by atoms with Crippen molar-refractivity contribution in [3.05, 3.63) is 0 Å². The molecule has 1 aliphatic rings. The van der Waals surface area contributed by atoms with Crippen molar-refractivity contribution in [2.24, 2.45) is 0 Å². The van der Waals surface area contributed by atoms with Crippen molar-refractivity contribution in [2.75, 3.05) is 13.2 Å². The SMILES string of the molecule is CCOC(=O)NS(=O)(=O)N1CCCCC1CC(C)=O. The molecule has 0 saturated carbocycles. The first-order chi connectivity index (χ1) is 8.86. The number of Topliss-reactive ketones (excluding diaryl/α,β-unsaturated/α-hetero) is 1. The number of amides is 1.